The molecule has 0 radical (unpaired) electrons. The van der Waals surface area contributed by atoms with E-state index in [2.05, 4.69) is 55.8 Å². The van der Waals surface area contributed by atoms with Crippen LogP contribution in [-0.4, -0.2) is 21.6 Å². The fourth-order valence-corrected chi connectivity index (χ4v) is 3.66. The van der Waals surface area contributed by atoms with E-state index in [1.54, 1.807) is 19.2 Å². The topological polar surface area (TPSA) is 80.8 Å². The molecule has 0 aliphatic rings. The number of aryl methyl sites for hydroxylation is 1. The van der Waals surface area contributed by atoms with Gasteiger partial charge >= 0.3 is 0 Å². The summed E-state index contributed by atoms with van der Waals surface area (Å²) < 4.78 is 10.8. The van der Waals surface area contributed by atoms with Crippen LogP contribution in [0.1, 0.15) is 0 Å². The number of hydrogen-bond donors (Lipinski definition) is 3. The molecule has 2 aromatic heterocycles. The smallest absolute Gasteiger partial charge is 0.227 e. The summed E-state index contributed by atoms with van der Waals surface area (Å²) >= 11 is 2.26. The summed E-state index contributed by atoms with van der Waals surface area (Å²) in [4.78, 5) is 9.17. The standard InChI is InChI=1S/C20H19IN6/c1-23-17-8-7-12(9-16(17)22)25-20-24-10-15(21)19(26-20)14-11-27(2)18-6-4-3-5-13(14)18/h3-11,23H,22H2,1-2H3,(H,24,25,26)/i/hD. The summed E-state index contributed by atoms with van der Waals surface area (Å²) in [5.41, 5.74) is 11.1. The Hall–Kier alpha value is -2.81. The molecule has 136 valence electrons. The maximum Gasteiger partial charge on any atom is 0.227 e. The summed E-state index contributed by atoms with van der Waals surface area (Å²) in [6, 6.07) is 13.7. The van der Waals surface area contributed by atoms with Gasteiger partial charge in [-0.15, -0.1) is 0 Å². The van der Waals surface area contributed by atoms with Crippen molar-refractivity contribution in [3.8, 4) is 11.3 Å². The SMILES string of the molecule is [2H]N(C)c1ccc(Nc2ncc(I)c(-c3cn(C)c4ccccc34)n2)cc1N. The zero-order valence-corrected chi connectivity index (χ0v) is 17.1. The van der Waals surface area contributed by atoms with Crippen LogP contribution in [0.25, 0.3) is 22.2 Å². The largest absolute Gasteiger partial charge is 0.397 e. The molecule has 0 saturated carbocycles. The number of aromatic nitrogens is 3. The average Bonchev–Trinajstić information content (AvgIpc) is 3.00. The molecule has 2 aromatic carbocycles. The minimum Gasteiger partial charge on any atom is -0.397 e. The van der Waals surface area contributed by atoms with Gasteiger partial charge in [-0.25, -0.2) is 9.97 Å². The fraction of sp³-hybridized carbons (Fsp3) is 0.100. The predicted molar refractivity (Wildman–Crippen MR) is 120 cm³/mol. The van der Waals surface area contributed by atoms with Crippen LogP contribution in [0.3, 0.4) is 0 Å². The van der Waals surface area contributed by atoms with Gasteiger partial charge in [-0.05, 0) is 46.9 Å². The molecule has 4 aromatic rings. The number of nitrogen functional groups attached to an aromatic ring is 1. The van der Waals surface area contributed by atoms with E-state index in [1.165, 1.54) is 5.31 Å². The second-order valence-corrected chi connectivity index (χ2v) is 7.35. The second kappa shape index (κ2) is 7.07. The number of para-hydroxylation sites is 1. The fourth-order valence-electron chi connectivity index (χ4n) is 3.11. The number of fused-ring (bicyclic) bond motifs is 1. The Morgan fingerprint density at radius 1 is 1.22 bits per heavy atom. The first-order valence-electron chi connectivity index (χ1n) is 8.85. The van der Waals surface area contributed by atoms with E-state index in [1.807, 2.05) is 31.4 Å². The average molecular weight is 471 g/mol. The molecule has 7 heteroatoms. The third-order valence-electron chi connectivity index (χ3n) is 4.42. The van der Waals surface area contributed by atoms with Crippen LogP contribution < -0.4 is 16.4 Å². The first kappa shape index (κ1) is 16.4. The number of nitrogens with one attached hydrogen (secondary N) is 2. The van der Waals surface area contributed by atoms with Crippen LogP contribution >= 0.6 is 22.6 Å². The molecule has 0 aliphatic heterocycles. The zero-order valence-electron chi connectivity index (χ0n) is 15.9. The van der Waals surface area contributed by atoms with Gasteiger partial charge in [0.2, 0.25) is 5.95 Å². The molecule has 4 N–H and O–H groups in total. The lowest BCUT2D eigenvalue weighted by molar-refractivity contribution is 0.969. The number of rotatable bonds is 4. The Labute approximate surface area is 172 Å². The van der Waals surface area contributed by atoms with Gasteiger partial charge in [0.25, 0.3) is 0 Å². The first-order valence-corrected chi connectivity index (χ1v) is 9.48. The van der Waals surface area contributed by atoms with Crippen LogP contribution in [0.5, 0.6) is 0 Å². The molecule has 4 rings (SSSR count). The van der Waals surface area contributed by atoms with E-state index in [9.17, 15) is 0 Å². The lowest BCUT2D eigenvalue weighted by Crippen LogP contribution is -2.01. The minimum absolute atomic E-state index is 0.495. The van der Waals surface area contributed by atoms with Crippen LogP contribution in [0.2, 0.25) is 1.41 Å². The molecule has 2 heterocycles. The van der Waals surface area contributed by atoms with Crippen molar-refractivity contribution in [2.45, 2.75) is 0 Å². The van der Waals surface area contributed by atoms with Crippen molar-refractivity contribution in [3.63, 3.8) is 0 Å². The molecule has 0 saturated heterocycles. The van der Waals surface area contributed by atoms with Crippen molar-refractivity contribution in [1.82, 2.24) is 14.5 Å². The van der Waals surface area contributed by atoms with Crippen molar-refractivity contribution >= 4 is 56.5 Å². The van der Waals surface area contributed by atoms with Crippen LogP contribution in [-0.2, 0) is 7.05 Å². The third kappa shape index (κ3) is 3.30. The van der Waals surface area contributed by atoms with E-state index < -0.39 is 0 Å². The van der Waals surface area contributed by atoms with Gasteiger partial charge in [-0.1, -0.05) is 18.2 Å². The van der Waals surface area contributed by atoms with Gasteiger partial charge in [0.05, 0.1) is 20.6 Å². The quantitative estimate of drug-likeness (QED) is 0.299. The highest BCUT2D eigenvalue weighted by Gasteiger charge is 2.14. The highest BCUT2D eigenvalue weighted by atomic mass is 127. The summed E-state index contributed by atoms with van der Waals surface area (Å²) in [7, 11) is 3.67. The molecular weight excluding hydrogens is 451 g/mol. The van der Waals surface area contributed by atoms with E-state index in [0.717, 1.165) is 31.4 Å². The third-order valence-corrected chi connectivity index (χ3v) is 5.21. The number of halogens is 1. The summed E-state index contributed by atoms with van der Waals surface area (Å²) in [6.45, 7) is 0. The number of benzene rings is 2. The molecule has 0 unspecified atom stereocenters. The van der Waals surface area contributed by atoms with E-state index in [4.69, 9.17) is 12.1 Å². The maximum absolute atomic E-state index is 7.67. The molecule has 0 bridgehead atoms. The monoisotopic (exact) mass is 471 g/mol. The summed E-state index contributed by atoms with van der Waals surface area (Å²) in [5.74, 6) is 0.495. The number of hydrogen-bond acceptors (Lipinski definition) is 5. The van der Waals surface area contributed by atoms with Crippen molar-refractivity contribution in [2.75, 3.05) is 23.4 Å². The number of nitrogens with two attached hydrogens (primary N) is 1. The van der Waals surface area contributed by atoms with Gasteiger partial charge in [0.1, 0.15) is 0 Å². The Morgan fingerprint density at radius 3 is 2.81 bits per heavy atom. The van der Waals surface area contributed by atoms with Crippen molar-refractivity contribution in [1.29, 1.82) is 0 Å². The van der Waals surface area contributed by atoms with E-state index in [0.29, 0.717) is 17.3 Å². The lowest BCUT2D eigenvalue weighted by Gasteiger charge is -2.10. The zero-order chi connectivity index (χ0) is 19.8. The summed E-state index contributed by atoms with van der Waals surface area (Å²) in [6.07, 6.45) is 3.90. The normalized spacial score (nSPS) is 11.4. The Balaban J connectivity index is 1.73. The minimum atomic E-state index is 0.495. The Kier molecular flexibility index (Phi) is 4.29. The maximum atomic E-state index is 7.67. The number of anilines is 4. The molecule has 0 fully saturated rings. The first-order chi connectivity index (χ1) is 13.4. The van der Waals surface area contributed by atoms with Crippen LogP contribution in [0.4, 0.5) is 23.0 Å². The van der Waals surface area contributed by atoms with Crippen molar-refractivity contribution in [2.24, 2.45) is 7.05 Å². The van der Waals surface area contributed by atoms with Crippen LogP contribution in [0.15, 0.2) is 54.9 Å². The molecule has 0 atom stereocenters. The molecule has 6 nitrogen and oxygen atoms in total. The highest BCUT2D eigenvalue weighted by Crippen LogP contribution is 2.32. The Bertz CT molecular complexity index is 1170. The van der Waals surface area contributed by atoms with Crippen molar-refractivity contribution < 1.29 is 1.41 Å². The predicted octanol–water partition coefficient (Wildman–Crippen LogP) is 4.61. The molecule has 0 amide bonds. The van der Waals surface area contributed by atoms with Gasteiger partial charge in [-0.3, -0.25) is 0 Å². The van der Waals surface area contributed by atoms with Gasteiger partial charge in [0, 0.05) is 48.6 Å². The van der Waals surface area contributed by atoms with E-state index >= 15 is 0 Å². The highest BCUT2D eigenvalue weighted by molar-refractivity contribution is 14.1. The lowest BCUT2D eigenvalue weighted by atomic mass is 10.1. The van der Waals surface area contributed by atoms with Gasteiger partial charge in [0.15, 0.2) is 1.41 Å². The van der Waals surface area contributed by atoms with Gasteiger partial charge < -0.3 is 20.9 Å². The Morgan fingerprint density at radius 2 is 2.04 bits per heavy atom. The number of nitrogens with zero attached hydrogens (tertiary/aromatic N) is 3. The van der Waals surface area contributed by atoms with Crippen molar-refractivity contribution in [3.05, 3.63) is 58.4 Å². The molecular formula is C20H19IN6. The second-order valence-electron chi connectivity index (χ2n) is 6.18. The molecule has 0 spiro atoms. The molecule has 27 heavy (non-hydrogen) atoms. The molecule has 0 aliphatic carbocycles. The summed E-state index contributed by atoms with van der Waals surface area (Å²) in [5, 5.41) is 5.60. The van der Waals surface area contributed by atoms with Gasteiger partial charge in [-0.2, -0.15) is 0 Å². The van der Waals surface area contributed by atoms with Crippen LogP contribution in [0, 0.1) is 3.57 Å². The van der Waals surface area contributed by atoms with E-state index in [-0.39, 0.29) is 0 Å².